The van der Waals surface area contributed by atoms with Gasteiger partial charge < -0.3 is 4.74 Å². The van der Waals surface area contributed by atoms with E-state index in [4.69, 9.17) is 27.9 Å². The monoisotopic (exact) mass is 447 g/mol. The van der Waals surface area contributed by atoms with Crippen LogP contribution in [-0.2, 0) is 6.61 Å². The highest BCUT2D eigenvalue weighted by molar-refractivity contribution is 9.10. The van der Waals surface area contributed by atoms with Crippen LogP contribution in [0.25, 0.3) is 0 Å². The van der Waals surface area contributed by atoms with Crippen LogP contribution in [0.1, 0.15) is 16.7 Å². The number of ether oxygens (including phenoxy) is 1. The first kappa shape index (κ1) is 19.0. The van der Waals surface area contributed by atoms with E-state index in [0.717, 1.165) is 32.6 Å². The van der Waals surface area contributed by atoms with E-state index in [-0.39, 0.29) is 0 Å². The molecular formula is C21H16BrCl2NO. The Balaban J connectivity index is 1.82. The third kappa shape index (κ3) is 4.88. The summed E-state index contributed by atoms with van der Waals surface area (Å²) < 4.78 is 7.01. The summed E-state index contributed by atoms with van der Waals surface area (Å²) in [7, 11) is 0. The van der Waals surface area contributed by atoms with Gasteiger partial charge in [-0.3, -0.25) is 4.99 Å². The van der Waals surface area contributed by atoms with E-state index in [1.165, 1.54) is 0 Å². The highest BCUT2D eigenvalue weighted by Crippen LogP contribution is 2.27. The minimum absolute atomic E-state index is 0.464. The van der Waals surface area contributed by atoms with Gasteiger partial charge in [0.05, 0.1) is 5.69 Å². The first-order valence-electron chi connectivity index (χ1n) is 7.99. The van der Waals surface area contributed by atoms with Crippen molar-refractivity contribution in [3.63, 3.8) is 0 Å². The van der Waals surface area contributed by atoms with Crippen molar-refractivity contribution in [3.05, 3.63) is 91.9 Å². The molecule has 0 aliphatic carbocycles. The van der Waals surface area contributed by atoms with Crippen LogP contribution in [0.4, 0.5) is 5.69 Å². The number of benzene rings is 3. The Hall–Kier alpha value is -1.81. The lowest BCUT2D eigenvalue weighted by atomic mass is 10.2. The molecule has 0 bridgehead atoms. The van der Waals surface area contributed by atoms with Crippen LogP contribution in [0.2, 0.25) is 10.0 Å². The maximum absolute atomic E-state index is 6.16. The van der Waals surface area contributed by atoms with Gasteiger partial charge >= 0.3 is 0 Å². The van der Waals surface area contributed by atoms with Gasteiger partial charge in [-0.2, -0.15) is 0 Å². The van der Waals surface area contributed by atoms with E-state index in [2.05, 4.69) is 20.9 Å². The zero-order valence-electron chi connectivity index (χ0n) is 14.0. The van der Waals surface area contributed by atoms with Gasteiger partial charge in [0, 0.05) is 26.3 Å². The van der Waals surface area contributed by atoms with Crippen LogP contribution in [0.5, 0.6) is 5.75 Å². The average Bonchev–Trinajstić information content (AvgIpc) is 2.63. The molecule has 0 atom stereocenters. The molecule has 0 radical (unpaired) electrons. The summed E-state index contributed by atoms with van der Waals surface area (Å²) in [6, 6.07) is 19.2. The predicted molar refractivity (Wildman–Crippen MR) is 113 cm³/mol. The number of halogens is 3. The van der Waals surface area contributed by atoms with Crippen molar-refractivity contribution < 1.29 is 4.74 Å². The predicted octanol–water partition coefficient (Wildman–Crippen LogP) is 7.39. The number of nitrogens with zero attached hydrogens (tertiary/aromatic N) is 1. The van der Waals surface area contributed by atoms with Crippen LogP contribution in [-0.4, -0.2) is 6.21 Å². The fourth-order valence-corrected chi connectivity index (χ4v) is 2.98. The van der Waals surface area contributed by atoms with Crippen LogP contribution in [0.15, 0.2) is 70.1 Å². The first-order valence-corrected chi connectivity index (χ1v) is 9.54. The van der Waals surface area contributed by atoms with Gasteiger partial charge in [-0.15, -0.1) is 0 Å². The molecular weight excluding hydrogens is 433 g/mol. The second kappa shape index (κ2) is 8.72. The maximum Gasteiger partial charge on any atom is 0.128 e. The Morgan fingerprint density at radius 3 is 2.58 bits per heavy atom. The Morgan fingerprint density at radius 2 is 1.81 bits per heavy atom. The molecule has 0 N–H and O–H groups in total. The van der Waals surface area contributed by atoms with Gasteiger partial charge in [-0.25, -0.2) is 0 Å². The summed E-state index contributed by atoms with van der Waals surface area (Å²) in [4.78, 5) is 4.55. The van der Waals surface area contributed by atoms with Crippen molar-refractivity contribution >= 4 is 51.0 Å². The Labute approximate surface area is 171 Å². The summed E-state index contributed by atoms with van der Waals surface area (Å²) >= 11 is 15.7. The van der Waals surface area contributed by atoms with Gasteiger partial charge in [0.2, 0.25) is 0 Å². The molecule has 0 heterocycles. The largest absolute Gasteiger partial charge is 0.488 e. The topological polar surface area (TPSA) is 21.6 Å². The van der Waals surface area contributed by atoms with E-state index >= 15 is 0 Å². The Bertz CT molecular complexity index is 939. The molecule has 3 rings (SSSR count). The summed E-state index contributed by atoms with van der Waals surface area (Å²) in [5.74, 6) is 0.723. The van der Waals surface area contributed by atoms with Crippen LogP contribution in [0, 0.1) is 6.92 Å². The first-order chi connectivity index (χ1) is 12.5. The molecule has 0 saturated heterocycles. The normalized spacial score (nSPS) is 11.1. The third-order valence-electron chi connectivity index (χ3n) is 3.86. The molecule has 3 aromatic rings. The number of hydrogen-bond acceptors (Lipinski definition) is 2. The van der Waals surface area contributed by atoms with E-state index in [0.29, 0.717) is 16.7 Å². The molecule has 132 valence electrons. The molecule has 0 unspecified atom stereocenters. The van der Waals surface area contributed by atoms with Gasteiger partial charge in [0.25, 0.3) is 0 Å². The Morgan fingerprint density at radius 1 is 1.04 bits per heavy atom. The Kier molecular flexibility index (Phi) is 6.36. The molecule has 2 nitrogen and oxygen atoms in total. The second-order valence-corrected chi connectivity index (χ2v) is 7.50. The molecule has 0 amide bonds. The van der Waals surface area contributed by atoms with E-state index in [1.54, 1.807) is 12.3 Å². The zero-order valence-corrected chi connectivity index (χ0v) is 17.1. The number of rotatable bonds is 5. The molecule has 0 fully saturated rings. The fraction of sp³-hybridized carbons (Fsp3) is 0.0952. The van der Waals surface area contributed by atoms with Crippen LogP contribution >= 0.6 is 39.1 Å². The highest BCUT2D eigenvalue weighted by Gasteiger charge is 2.05. The SMILES string of the molecule is Cc1c(Cl)cccc1N=Cc1cc(Cl)ccc1OCc1ccc(Br)cc1. The lowest BCUT2D eigenvalue weighted by molar-refractivity contribution is 0.306. The average molecular weight is 449 g/mol. The minimum Gasteiger partial charge on any atom is -0.488 e. The van der Waals surface area contributed by atoms with Crippen molar-refractivity contribution in [2.75, 3.05) is 0 Å². The molecule has 0 saturated carbocycles. The molecule has 0 aliphatic heterocycles. The molecule has 0 aromatic heterocycles. The summed E-state index contributed by atoms with van der Waals surface area (Å²) in [5, 5.41) is 1.32. The van der Waals surface area contributed by atoms with E-state index < -0.39 is 0 Å². The number of hydrogen-bond donors (Lipinski definition) is 0. The quantitative estimate of drug-likeness (QED) is 0.372. The second-order valence-electron chi connectivity index (χ2n) is 5.74. The highest BCUT2D eigenvalue weighted by atomic mass is 79.9. The standard InChI is InChI=1S/C21H16BrCl2NO/c1-14-19(24)3-2-4-20(14)25-12-16-11-18(23)9-10-21(16)26-13-15-5-7-17(22)8-6-15/h2-12H,13H2,1H3. The zero-order chi connectivity index (χ0) is 18.5. The van der Waals surface area contributed by atoms with Crippen LogP contribution in [0.3, 0.4) is 0 Å². The smallest absolute Gasteiger partial charge is 0.128 e. The van der Waals surface area contributed by atoms with Crippen LogP contribution < -0.4 is 4.74 Å². The molecule has 26 heavy (non-hydrogen) atoms. The van der Waals surface area contributed by atoms with Gasteiger partial charge in [0.15, 0.2) is 0 Å². The molecule has 5 heteroatoms. The van der Waals surface area contributed by atoms with Gasteiger partial charge in [0.1, 0.15) is 12.4 Å². The fourth-order valence-electron chi connectivity index (χ4n) is 2.37. The summed E-state index contributed by atoms with van der Waals surface area (Å²) in [6.07, 6.45) is 1.75. The summed E-state index contributed by atoms with van der Waals surface area (Å²) in [6.45, 7) is 2.41. The van der Waals surface area contributed by atoms with Crippen molar-refractivity contribution in [3.8, 4) is 5.75 Å². The summed E-state index contributed by atoms with van der Waals surface area (Å²) in [5.41, 5.74) is 3.65. The van der Waals surface area contributed by atoms with E-state index in [1.807, 2.05) is 61.5 Å². The van der Waals surface area contributed by atoms with Gasteiger partial charge in [-0.1, -0.05) is 57.3 Å². The van der Waals surface area contributed by atoms with Crippen molar-refractivity contribution in [2.45, 2.75) is 13.5 Å². The van der Waals surface area contributed by atoms with Crippen molar-refractivity contribution in [2.24, 2.45) is 4.99 Å². The third-order valence-corrected chi connectivity index (χ3v) is 5.03. The lowest BCUT2D eigenvalue weighted by Crippen LogP contribution is -1.98. The molecule has 3 aromatic carbocycles. The van der Waals surface area contributed by atoms with E-state index in [9.17, 15) is 0 Å². The maximum atomic E-state index is 6.16. The van der Waals surface area contributed by atoms with Gasteiger partial charge in [-0.05, 0) is 60.5 Å². The van der Waals surface area contributed by atoms with Crippen molar-refractivity contribution in [1.82, 2.24) is 0 Å². The molecule has 0 spiro atoms. The minimum atomic E-state index is 0.464. The van der Waals surface area contributed by atoms with Crippen molar-refractivity contribution in [1.29, 1.82) is 0 Å². The molecule has 0 aliphatic rings. The lowest BCUT2D eigenvalue weighted by Gasteiger charge is -2.10. The number of aliphatic imine (C=N–C) groups is 1.